The predicted molar refractivity (Wildman–Crippen MR) is 148 cm³/mol. The van der Waals surface area contributed by atoms with Gasteiger partial charge in [0.25, 0.3) is 5.78 Å². The number of phenolic OH excluding ortho intramolecular Hbond substituents is 1. The lowest BCUT2D eigenvalue weighted by molar-refractivity contribution is -0.185. The zero-order valence-electron chi connectivity index (χ0n) is 23.4. The van der Waals surface area contributed by atoms with E-state index in [1.807, 2.05) is 18.2 Å². The normalized spacial score (nSPS) is 22.1. The zero-order chi connectivity index (χ0) is 27.6. The maximum Gasteiger partial charge on any atom is 0.317 e. The van der Waals surface area contributed by atoms with E-state index in [2.05, 4.69) is 35.8 Å². The molecule has 0 radical (unpaired) electrons. The maximum absolute atomic E-state index is 13.6. The van der Waals surface area contributed by atoms with E-state index in [4.69, 9.17) is 4.74 Å². The van der Waals surface area contributed by atoms with Crippen molar-refractivity contribution in [3.05, 3.63) is 52.6 Å². The van der Waals surface area contributed by atoms with Gasteiger partial charge in [0, 0.05) is 24.2 Å². The van der Waals surface area contributed by atoms with Gasteiger partial charge in [0.1, 0.15) is 17.3 Å². The van der Waals surface area contributed by atoms with Gasteiger partial charge in [-0.15, -0.1) is 5.10 Å². The maximum atomic E-state index is 13.6. The van der Waals surface area contributed by atoms with Gasteiger partial charge in [-0.05, 0) is 74.1 Å². The third-order valence-corrected chi connectivity index (χ3v) is 8.64. The number of aromatic nitrogens is 4. The molecule has 1 N–H and O–H groups in total. The number of benzene rings is 1. The van der Waals surface area contributed by atoms with Crippen molar-refractivity contribution >= 4 is 17.5 Å². The van der Waals surface area contributed by atoms with Crippen molar-refractivity contribution in [3.8, 4) is 5.75 Å². The number of ether oxygens (including phenoxy) is 1. The van der Waals surface area contributed by atoms with Crippen LogP contribution in [0, 0.1) is 11.8 Å². The molecule has 2 aliphatic rings. The topological polar surface area (TPSA) is 107 Å². The number of aryl methyl sites for hydroxylation is 4. The van der Waals surface area contributed by atoms with E-state index in [-0.39, 0.29) is 24.5 Å². The molecule has 3 heterocycles. The molecule has 2 atom stereocenters. The quantitative estimate of drug-likeness (QED) is 0.284. The average Bonchev–Trinajstić information content (AvgIpc) is 3.61. The highest BCUT2D eigenvalue weighted by atomic mass is 16.6. The summed E-state index contributed by atoms with van der Waals surface area (Å²) in [7, 11) is 0. The molecule has 0 spiro atoms. The molecular weight excluding hydrogens is 492 g/mol. The lowest BCUT2D eigenvalue weighted by Crippen LogP contribution is -2.52. The Hall–Kier alpha value is -3.29. The Kier molecular flexibility index (Phi) is 8.01. The summed E-state index contributed by atoms with van der Waals surface area (Å²) in [5.41, 5.74) is 3.21. The van der Waals surface area contributed by atoms with Gasteiger partial charge in [0.15, 0.2) is 11.6 Å². The van der Waals surface area contributed by atoms with E-state index in [0.29, 0.717) is 30.2 Å². The molecule has 39 heavy (non-hydrogen) atoms. The summed E-state index contributed by atoms with van der Waals surface area (Å²) in [6.07, 6.45) is 9.15. The van der Waals surface area contributed by atoms with Crippen LogP contribution < -0.4 is 0 Å². The molecule has 2 fully saturated rings. The van der Waals surface area contributed by atoms with Crippen LogP contribution in [0.15, 0.2) is 24.3 Å². The number of Topliss-reactive ketones (excluding diaryl/α,β-unsaturated/α-hetero) is 1. The number of cyclic esters (lactones) is 1. The van der Waals surface area contributed by atoms with Crippen LogP contribution in [0.25, 0.3) is 5.78 Å². The fourth-order valence-corrected chi connectivity index (χ4v) is 6.42. The highest BCUT2D eigenvalue weighted by Crippen LogP contribution is 2.45. The number of hydrogen-bond donors (Lipinski definition) is 1. The third-order valence-electron chi connectivity index (χ3n) is 8.64. The van der Waals surface area contributed by atoms with E-state index < -0.39 is 17.5 Å². The van der Waals surface area contributed by atoms with Crippen LogP contribution in [0.2, 0.25) is 0 Å². The van der Waals surface area contributed by atoms with Gasteiger partial charge in [-0.3, -0.25) is 9.59 Å². The Morgan fingerprint density at radius 1 is 1.05 bits per heavy atom. The van der Waals surface area contributed by atoms with Crippen LogP contribution in [0.4, 0.5) is 0 Å². The predicted octanol–water partition coefficient (Wildman–Crippen LogP) is 5.14. The van der Waals surface area contributed by atoms with Crippen molar-refractivity contribution in [2.24, 2.45) is 11.8 Å². The van der Waals surface area contributed by atoms with Crippen molar-refractivity contribution in [2.75, 3.05) is 0 Å². The molecule has 1 saturated heterocycles. The summed E-state index contributed by atoms with van der Waals surface area (Å²) < 4.78 is 8.03. The molecule has 1 aliphatic heterocycles. The van der Waals surface area contributed by atoms with Gasteiger partial charge in [-0.2, -0.15) is 4.98 Å². The van der Waals surface area contributed by atoms with Gasteiger partial charge in [-0.1, -0.05) is 52.2 Å². The van der Waals surface area contributed by atoms with E-state index in [1.54, 1.807) is 10.6 Å². The first-order valence-electron chi connectivity index (χ1n) is 14.7. The van der Waals surface area contributed by atoms with Crippen molar-refractivity contribution in [2.45, 2.75) is 103 Å². The van der Waals surface area contributed by atoms with Crippen LogP contribution in [-0.4, -0.2) is 42.0 Å². The van der Waals surface area contributed by atoms with Gasteiger partial charge in [0.05, 0.1) is 0 Å². The van der Waals surface area contributed by atoms with Gasteiger partial charge < -0.3 is 9.84 Å². The Bertz CT molecular complexity index is 1340. The number of esters is 1. The van der Waals surface area contributed by atoms with Crippen LogP contribution in [-0.2, 0) is 46.4 Å². The number of carbonyl (C=O) groups excluding carboxylic acids is 2. The van der Waals surface area contributed by atoms with E-state index in [0.717, 1.165) is 73.9 Å². The van der Waals surface area contributed by atoms with Crippen LogP contribution >= 0.6 is 0 Å². The molecule has 1 aromatic carbocycles. The van der Waals surface area contributed by atoms with Crippen molar-refractivity contribution < 1.29 is 19.4 Å². The van der Waals surface area contributed by atoms with E-state index >= 15 is 0 Å². The molecule has 0 amide bonds. The Balaban J connectivity index is 1.35. The van der Waals surface area contributed by atoms with E-state index in [9.17, 15) is 14.7 Å². The molecule has 0 bridgehead atoms. The van der Waals surface area contributed by atoms with Gasteiger partial charge >= 0.3 is 5.97 Å². The highest BCUT2D eigenvalue weighted by Gasteiger charge is 2.51. The van der Waals surface area contributed by atoms with Crippen molar-refractivity contribution in [1.29, 1.82) is 0 Å². The summed E-state index contributed by atoms with van der Waals surface area (Å²) in [6.45, 7) is 6.20. The smallest absolute Gasteiger partial charge is 0.317 e. The van der Waals surface area contributed by atoms with Gasteiger partial charge in [-0.25, -0.2) is 9.50 Å². The minimum absolute atomic E-state index is 0.0766. The second kappa shape index (κ2) is 11.4. The fourth-order valence-electron chi connectivity index (χ4n) is 6.42. The number of phenols is 1. The summed E-state index contributed by atoms with van der Waals surface area (Å²) in [4.78, 5) is 36.2. The molecule has 1 saturated carbocycles. The van der Waals surface area contributed by atoms with Crippen molar-refractivity contribution in [1.82, 2.24) is 19.6 Å². The van der Waals surface area contributed by atoms with Crippen LogP contribution in [0.3, 0.4) is 0 Å². The standard InChI is InChI=1S/C31H40N4O4/c1-4-9-21-16-20(12-13-26(21)36)14-15-31(22-10-7-8-11-22)19-27(37)25(29(38)39-31)18-28-33-30-32-23(5-2)17-24(6-3)35(30)34-28/h12-13,16-17,22,25,36H,4-11,14-15,18-19H2,1-3H3. The Morgan fingerprint density at radius 2 is 1.85 bits per heavy atom. The third kappa shape index (κ3) is 5.56. The first kappa shape index (κ1) is 27.3. The molecule has 1 aliphatic carbocycles. The monoisotopic (exact) mass is 532 g/mol. The number of carbonyl (C=O) groups is 2. The first-order chi connectivity index (χ1) is 18.9. The first-order valence-corrected chi connectivity index (χ1v) is 14.7. The average molecular weight is 533 g/mol. The van der Waals surface area contributed by atoms with Crippen LogP contribution in [0.1, 0.15) is 94.1 Å². The number of hydrogen-bond acceptors (Lipinski definition) is 7. The van der Waals surface area contributed by atoms with Crippen LogP contribution in [0.5, 0.6) is 5.75 Å². The molecule has 2 aromatic heterocycles. The summed E-state index contributed by atoms with van der Waals surface area (Å²) in [5, 5.41) is 14.8. The SMILES string of the molecule is CCCc1cc(CCC2(C3CCCC3)CC(=O)C(Cc3nc4nc(CC)cc(CC)n4n3)C(=O)O2)ccc1O. The van der Waals surface area contributed by atoms with Gasteiger partial charge in [0.2, 0.25) is 0 Å². The summed E-state index contributed by atoms with van der Waals surface area (Å²) >= 11 is 0. The molecule has 208 valence electrons. The minimum Gasteiger partial charge on any atom is -0.508 e. The largest absolute Gasteiger partial charge is 0.508 e. The number of fused-ring (bicyclic) bond motifs is 1. The van der Waals surface area contributed by atoms with E-state index in [1.165, 1.54) is 0 Å². The second-order valence-electron chi connectivity index (χ2n) is 11.3. The lowest BCUT2D eigenvalue weighted by atomic mass is 9.73. The summed E-state index contributed by atoms with van der Waals surface area (Å²) in [6, 6.07) is 7.76. The number of aromatic hydroxyl groups is 1. The second-order valence-corrected chi connectivity index (χ2v) is 11.3. The molecule has 8 nitrogen and oxygen atoms in total. The molecular formula is C31H40N4O4. The Labute approximate surface area is 230 Å². The zero-order valence-corrected chi connectivity index (χ0v) is 23.4. The molecule has 8 heteroatoms. The lowest BCUT2D eigenvalue weighted by Gasteiger charge is -2.43. The minimum atomic E-state index is -0.891. The number of rotatable bonds is 10. The highest BCUT2D eigenvalue weighted by molar-refractivity contribution is 6.01. The fraction of sp³-hybridized carbons (Fsp3) is 0.581. The molecule has 3 aromatic rings. The van der Waals surface area contributed by atoms with Crippen molar-refractivity contribution in [3.63, 3.8) is 0 Å². The Morgan fingerprint density at radius 3 is 2.54 bits per heavy atom. The number of nitrogens with zero attached hydrogens (tertiary/aromatic N) is 4. The molecule has 5 rings (SSSR count). The summed E-state index contributed by atoms with van der Waals surface area (Å²) in [5.74, 6) is 0.0462. The number of ketones is 1. The molecule has 2 unspecified atom stereocenters.